The molecule has 1 atom stereocenters. The van der Waals surface area contributed by atoms with Gasteiger partial charge in [-0.05, 0) is 19.1 Å². The Hall–Kier alpha value is -2.17. The Bertz CT molecular complexity index is 485. The SMILES string of the molecule is COC(=O)CC(C)NC(=O)/C=C/c1ccccc1F. The smallest absolute Gasteiger partial charge is 0.307 e. The zero-order valence-corrected chi connectivity index (χ0v) is 10.9. The summed E-state index contributed by atoms with van der Waals surface area (Å²) in [5, 5.41) is 2.59. The Balaban J connectivity index is 2.51. The highest BCUT2D eigenvalue weighted by molar-refractivity contribution is 5.92. The molecule has 0 aliphatic heterocycles. The molecule has 0 aliphatic carbocycles. The number of methoxy groups -OCH3 is 1. The van der Waals surface area contributed by atoms with Crippen molar-refractivity contribution < 1.29 is 18.7 Å². The predicted molar refractivity (Wildman–Crippen MR) is 69.7 cm³/mol. The van der Waals surface area contributed by atoms with Crippen LogP contribution in [0.3, 0.4) is 0 Å². The van der Waals surface area contributed by atoms with E-state index in [2.05, 4.69) is 10.1 Å². The molecule has 1 unspecified atom stereocenters. The highest BCUT2D eigenvalue weighted by atomic mass is 19.1. The molecule has 5 heteroatoms. The second-order valence-corrected chi connectivity index (χ2v) is 4.04. The number of hydrogen-bond acceptors (Lipinski definition) is 3. The zero-order chi connectivity index (χ0) is 14.3. The quantitative estimate of drug-likeness (QED) is 0.653. The number of nitrogens with one attached hydrogen (secondary N) is 1. The van der Waals surface area contributed by atoms with Crippen molar-refractivity contribution in [2.75, 3.05) is 7.11 Å². The molecule has 4 nitrogen and oxygen atoms in total. The molecule has 102 valence electrons. The maximum absolute atomic E-state index is 13.3. The largest absolute Gasteiger partial charge is 0.469 e. The van der Waals surface area contributed by atoms with Gasteiger partial charge in [0.25, 0.3) is 0 Å². The average molecular weight is 265 g/mol. The number of esters is 1. The number of carbonyl (C=O) groups excluding carboxylic acids is 2. The van der Waals surface area contributed by atoms with Gasteiger partial charge in [0, 0.05) is 17.7 Å². The lowest BCUT2D eigenvalue weighted by atomic mass is 10.2. The zero-order valence-electron chi connectivity index (χ0n) is 10.9. The summed E-state index contributed by atoms with van der Waals surface area (Å²) in [4.78, 5) is 22.5. The minimum absolute atomic E-state index is 0.0930. The van der Waals surface area contributed by atoms with E-state index in [1.54, 1.807) is 25.1 Å². The van der Waals surface area contributed by atoms with Crippen LogP contribution in [0.4, 0.5) is 4.39 Å². The summed E-state index contributed by atoms with van der Waals surface area (Å²) in [5.74, 6) is -1.18. The minimum Gasteiger partial charge on any atom is -0.469 e. The van der Waals surface area contributed by atoms with E-state index in [0.29, 0.717) is 5.56 Å². The highest BCUT2D eigenvalue weighted by Crippen LogP contribution is 2.07. The van der Waals surface area contributed by atoms with Gasteiger partial charge in [0.05, 0.1) is 13.5 Å². The molecule has 0 fully saturated rings. The van der Waals surface area contributed by atoms with Gasteiger partial charge < -0.3 is 10.1 Å². The molecule has 0 aliphatic rings. The third kappa shape index (κ3) is 5.33. The highest BCUT2D eigenvalue weighted by Gasteiger charge is 2.10. The van der Waals surface area contributed by atoms with Crippen molar-refractivity contribution >= 4 is 18.0 Å². The van der Waals surface area contributed by atoms with Gasteiger partial charge in [-0.2, -0.15) is 0 Å². The Morgan fingerprint density at radius 1 is 1.42 bits per heavy atom. The normalized spacial score (nSPS) is 12.2. The number of hydrogen-bond donors (Lipinski definition) is 1. The molecule has 0 heterocycles. The van der Waals surface area contributed by atoms with Crippen LogP contribution in [0.2, 0.25) is 0 Å². The number of rotatable bonds is 5. The first kappa shape index (κ1) is 14.9. The van der Waals surface area contributed by atoms with E-state index in [4.69, 9.17) is 0 Å². The summed E-state index contributed by atoms with van der Waals surface area (Å²) in [6, 6.07) is 5.80. The molecule has 19 heavy (non-hydrogen) atoms. The summed E-state index contributed by atoms with van der Waals surface area (Å²) >= 11 is 0. The molecule has 0 saturated heterocycles. The van der Waals surface area contributed by atoms with E-state index in [9.17, 15) is 14.0 Å². The van der Waals surface area contributed by atoms with E-state index in [0.717, 1.165) is 0 Å². The maximum atomic E-state index is 13.3. The van der Waals surface area contributed by atoms with Gasteiger partial charge in [0.15, 0.2) is 0 Å². The molecule has 1 rings (SSSR count). The Morgan fingerprint density at radius 3 is 2.74 bits per heavy atom. The second kappa shape index (κ2) is 7.31. The molecule has 0 bridgehead atoms. The van der Waals surface area contributed by atoms with Gasteiger partial charge in [0.2, 0.25) is 5.91 Å². The van der Waals surface area contributed by atoms with E-state index in [1.807, 2.05) is 0 Å². The molecular formula is C14H16FNO3. The Kier molecular flexibility index (Phi) is 5.73. The Morgan fingerprint density at radius 2 is 2.11 bits per heavy atom. The van der Waals surface area contributed by atoms with Crippen molar-refractivity contribution in [1.29, 1.82) is 0 Å². The van der Waals surface area contributed by atoms with E-state index in [-0.39, 0.29) is 18.4 Å². The topological polar surface area (TPSA) is 55.4 Å². The van der Waals surface area contributed by atoms with Crippen LogP contribution in [0.5, 0.6) is 0 Å². The van der Waals surface area contributed by atoms with Gasteiger partial charge in [-0.3, -0.25) is 9.59 Å². The molecule has 0 aromatic heterocycles. The molecule has 1 N–H and O–H groups in total. The van der Waals surface area contributed by atoms with Crippen molar-refractivity contribution in [3.05, 3.63) is 41.7 Å². The fourth-order valence-electron chi connectivity index (χ4n) is 1.45. The number of amides is 1. The van der Waals surface area contributed by atoms with Crippen molar-refractivity contribution in [3.63, 3.8) is 0 Å². The van der Waals surface area contributed by atoms with Crippen LogP contribution >= 0.6 is 0 Å². The lowest BCUT2D eigenvalue weighted by molar-refractivity contribution is -0.141. The van der Waals surface area contributed by atoms with Crippen LogP contribution in [0.15, 0.2) is 30.3 Å². The maximum Gasteiger partial charge on any atom is 0.307 e. The lowest BCUT2D eigenvalue weighted by Gasteiger charge is -2.10. The third-order valence-electron chi connectivity index (χ3n) is 2.41. The fourth-order valence-corrected chi connectivity index (χ4v) is 1.45. The Labute approximate surface area is 111 Å². The number of halogens is 1. The van der Waals surface area contributed by atoms with Crippen LogP contribution in [-0.2, 0) is 14.3 Å². The molecule has 0 radical (unpaired) electrons. The van der Waals surface area contributed by atoms with Crippen molar-refractivity contribution in [3.8, 4) is 0 Å². The van der Waals surface area contributed by atoms with Gasteiger partial charge in [-0.25, -0.2) is 4.39 Å². The molecule has 1 aromatic rings. The fraction of sp³-hybridized carbons (Fsp3) is 0.286. The van der Waals surface area contributed by atoms with Crippen molar-refractivity contribution in [1.82, 2.24) is 5.32 Å². The van der Waals surface area contributed by atoms with Gasteiger partial charge in [-0.1, -0.05) is 18.2 Å². The monoisotopic (exact) mass is 265 g/mol. The summed E-state index contributed by atoms with van der Waals surface area (Å²) in [5.41, 5.74) is 0.332. The lowest BCUT2D eigenvalue weighted by Crippen LogP contribution is -2.33. The number of carbonyl (C=O) groups is 2. The van der Waals surface area contributed by atoms with Crippen LogP contribution in [-0.4, -0.2) is 25.0 Å². The van der Waals surface area contributed by atoms with Crippen LogP contribution in [0.25, 0.3) is 6.08 Å². The number of ether oxygens (including phenoxy) is 1. The van der Waals surface area contributed by atoms with Gasteiger partial charge in [0.1, 0.15) is 5.82 Å². The standard InChI is InChI=1S/C14H16FNO3/c1-10(9-14(18)19-2)16-13(17)8-7-11-5-3-4-6-12(11)15/h3-8,10H,9H2,1-2H3,(H,16,17)/b8-7+. The first-order valence-electron chi connectivity index (χ1n) is 5.83. The average Bonchev–Trinajstić information content (AvgIpc) is 2.37. The van der Waals surface area contributed by atoms with Crippen molar-refractivity contribution in [2.24, 2.45) is 0 Å². The van der Waals surface area contributed by atoms with Crippen LogP contribution in [0.1, 0.15) is 18.9 Å². The second-order valence-electron chi connectivity index (χ2n) is 4.04. The summed E-state index contributed by atoms with van der Waals surface area (Å²) in [6.45, 7) is 1.69. The van der Waals surface area contributed by atoms with Crippen LogP contribution in [0, 0.1) is 5.82 Å². The molecule has 1 aromatic carbocycles. The van der Waals surface area contributed by atoms with E-state index in [1.165, 1.54) is 25.3 Å². The third-order valence-corrected chi connectivity index (χ3v) is 2.41. The summed E-state index contributed by atoms with van der Waals surface area (Å²) < 4.78 is 17.8. The van der Waals surface area contributed by atoms with Crippen LogP contribution < -0.4 is 5.32 Å². The first-order valence-corrected chi connectivity index (χ1v) is 5.83. The van der Waals surface area contributed by atoms with E-state index < -0.39 is 11.8 Å². The number of benzene rings is 1. The van der Waals surface area contributed by atoms with Crippen molar-refractivity contribution in [2.45, 2.75) is 19.4 Å². The summed E-state index contributed by atoms with van der Waals surface area (Å²) in [7, 11) is 1.29. The minimum atomic E-state index is -0.397. The van der Waals surface area contributed by atoms with E-state index >= 15 is 0 Å². The molecule has 1 amide bonds. The first-order chi connectivity index (χ1) is 9.02. The van der Waals surface area contributed by atoms with Gasteiger partial charge in [-0.15, -0.1) is 0 Å². The predicted octanol–water partition coefficient (Wildman–Crippen LogP) is 1.91. The molecule has 0 saturated carbocycles. The summed E-state index contributed by atoms with van der Waals surface area (Å²) in [6.07, 6.45) is 2.71. The molecule has 0 spiro atoms. The molecular weight excluding hydrogens is 249 g/mol. The van der Waals surface area contributed by atoms with Gasteiger partial charge >= 0.3 is 5.97 Å².